The predicted octanol–water partition coefficient (Wildman–Crippen LogP) is 4.90. The first-order chi connectivity index (χ1) is 13.4. The summed E-state index contributed by atoms with van der Waals surface area (Å²) in [4.78, 5) is 13.1. The average Bonchev–Trinajstić information content (AvgIpc) is 2.98. The number of benzene rings is 2. The second-order valence-electron chi connectivity index (χ2n) is 6.25. The highest BCUT2D eigenvalue weighted by molar-refractivity contribution is 6.31. The summed E-state index contributed by atoms with van der Waals surface area (Å²) in [5.74, 6) is 1.19. The Morgan fingerprint density at radius 2 is 1.71 bits per heavy atom. The molecule has 0 spiro atoms. The van der Waals surface area contributed by atoms with Gasteiger partial charge in [-0.05, 0) is 37.6 Å². The summed E-state index contributed by atoms with van der Waals surface area (Å²) in [6, 6.07) is 9.05. The van der Waals surface area contributed by atoms with Crippen molar-refractivity contribution in [2.45, 2.75) is 20.4 Å². The molecule has 0 bridgehead atoms. The summed E-state index contributed by atoms with van der Waals surface area (Å²) in [5.41, 5.74) is 2.99. The fraction of sp³-hybridized carbons (Fsp3) is 0.286. The quantitative estimate of drug-likeness (QED) is 0.637. The number of amides is 1. The number of hydrogen-bond donors (Lipinski definition) is 1. The van der Waals surface area contributed by atoms with Crippen LogP contribution in [0, 0.1) is 6.92 Å². The zero-order chi connectivity index (χ0) is 20.4. The molecule has 1 N–H and O–H groups in total. The summed E-state index contributed by atoms with van der Waals surface area (Å²) >= 11 is 6.15. The minimum atomic E-state index is -0.221. The second kappa shape index (κ2) is 8.02. The molecule has 148 valence electrons. The minimum absolute atomic E-state index is 0.221. The third-order valence-corrected chi connectivity index (χ3v) is 4.97. The SMILES string of the molecule is CCn1c(C(=O)Nc2cc(OC)c(OC)c(OC)c2)c(C)c2cc(Cl)ccc21. The van der Waals surface area contributed by atoms with E-state index in [0.29, 0.717) is 40.2 Å². The van der Waals surface area contributed by atoms with E-state index in [-0.39, 0.29) is 5.91 Å². The summed E-state index contributed by atoms with van der Waals surface area (Å²) in [5, 5.41) is 4.54. The van der Waals surface area contributed by atoms with Crippen molar-refractivity contribution in [2.24, 2.45) is 0 Å². The zero-order valence-corrected chi connectivity index (χ0v) is 17.3. The van der Waals surface area contributed by atoms with Gasteiger partial charge in [-0.25, -0.2) is 0 Å². The van der Waals surface area contributed by atoms with Crippen LogP contribution in [0.3, 0.4) is 0 Å². The number of carbonyl (C=O) groups excluding carboxylic acids is 1. The van der Waals surface area contributed by atoms with Gasteiger partial charge in [0.1, 0.15) is 5.69 Å². The highest BCUT2D eigenvalue weighted by Crippen LogP contribution is 2.40. The van der Waals surface area contributed by atoms with Crippen molar-refractivity contribution in [3.05, 3.63) is 46.6 Å². The van der Waals surface area contributed by atoms with Gasteiger partial charge in [-0.1, -0.05) is 11.6 Å². The molecule has 1 heterocycles. The third-order valence-electron chi connectivity index (χ3n) is 4.73. The monoisotopic (exact) mass is 402 g/mol. The van der Waals surface area contributed by atoms with Crippen LogP contribution in [0.1, 0.15) is 23.0 Å². The van der Waals surface area contributed by atoms with Gasteiger partial charge in [-0.2, -0.15) is 0 Å². The molecule has 0 fully saturated rings. The number of fused-ring (bicyclic) bond motifs is 1. The molecule has 6 nitrogen and oxygen atoms in total. The Kier molecular flexibility index (Phi) is 5.70. The third kappa shape index (κ3) is 3.36. The normalized spacial score (nSPS) is 10.8. The van der Waals surface area contributed by atoms with Gasteiger partial charge in [-0.3, -0.25) is 4.79 Å². The first kappa shape index (κ1) is 19.9. The highest BCUT2D eigenvalue weighted by Gasteiger charge is 2.21. The molecule has 3 aromatic rings. The topological polar surface area (TPSA) is 61.7 Å². The van der Waals surface area contributed by atoms with Crippen LogP contribution < -0.4 is 19.5 Å². The number of nitrogens with zero attached hydrogens (tertiary/aromatic N) is 1. The molecular weight excluding hydrogens is 380 g/mol. The number of nitrogens with one attached hydrogen (secondary N) is 1. The Morgan fingerprint density at radius 3 is 2.25 bits per heavy atom. The van der Waals surface area contributed by atoms with Crippen LogP contribution >= 0.6 is 11.6 Å². The van der Waals surface area contributed by atoms with Crippen molar-refractivity contribution in [1.29, 1.82) is 0 Å². The Bertz CT molecular complexity index is 1020. The van der Waals surface area contributed by atoms with Crippen LogP contribution in [0.5, 0.6) is 17.2 Å². The summed E-state index contributed by atoms with van der Waals surface area (Å²) in [6.07, 6.45) is 0. The molecule has 1 aromatic heterocycles. The molecule has 3 rings (SSSR count). The molecule has 0 aliphatic carbocycles. The molecule has 0 aliphatic rings. The van der Waals surface area contributed by atoms with Crippen molar-refractivity contribution in [3.63, 3.8) is 0 Å². The molecule has 0 saturated carbocycles. The number of hydrogen-bond acceptors (Lipinski definition) is 4. The fourth-order valence-electron chi connectivity index (χ4n) is 3.46. The van der Waals surface area contributed by atoms with E-state index >= 15 is 0 Å². The Morgan fingerprint density at radius 1 is 1.07 bits per heavy atom. The number of methoxy groups -OCH3 is 3. The van der Waals surface area contributed by atoms with E-state index in [1.54, 1.807) is 12.1 Å². The average molecular weight is 403 g/mol. The van der Waals surface area contributed by atoms with E-state index < -0.39 is 0 Å². The molecule has 0 unspecified atom stereocenters. The summed E-state index contributed by atoms with van der Waals surface area (Å²) in [6.45, 7) is 4.59. The van der Waals surface area contributed by atoms with Crippen molar-refractivity contribution in [1.82, 2.24) is 4.57 Å². The van der Waals surface area contributed by atoms with E-state index in [9.17, 15) is 4.79 Å². The Hall–Kier alpha value is -2.86. The van der Waals surface area contributed by atoms with Crippen LogP contribution in [-0.4, -0.2) is 31.8 Å². The van der Waals surface area contributed by atoms with Crippen molar-refractivity contribution in [3.8, 4) is 17.2 Å². The van der Waals surface area contributed by atoms with Crippen LogP contribution in [0.25, 0.3) is 10.9 Å². The molecule has 0 saturated heterocycles. The minimum Gasteiger partial charge on any atom is -0.493 e. The van der Waals surface area contributed by atoms with E-state index in [2.05, 4.69) is 5.32 Å². The standard InChI is InChI=1S/C21H23ClN2O4/c1-6-24-16-8-7-13(22)9-15(16)12(2)19(24)21(25)23-14-10-17(26-3)20(28-5)18(11-14)27-4/h7-11H,6H2,1-5H3,(H,23,25). The lowest BCUT2D eigenvalue weighted by Gasteiger charge is -2.15. The van der Waals surface area contributed by atoms with Gasteiger partial charge in [0.15, 0.2) is 11.5 Å². The van der Waals surface area contributed by atoms with Crippen LogP contribution in [-0.2, 0) is 6.54 Å². The number of halogens is 1. The fourth-order valence-corrected chi connectivity index (χ4v) is 3.63. The lowest BCUT2D eigenvalue weighted by Crippen LogP contribution is -2.18. The molecular formula is C21H23ClN2O4. The molecule has 1 amide bonds. The molecule has 0 aliphatic heterocycles. The Labute approximate surface area is 168 Å². The summed E-state index contributed by atoms with van der Waals surface area (Å²) in [7, 11) is 4.60. The van der Waals surface area contributed by atoms with E-state index in [1.165, 1.54) is 21.3 Å². The maximum atomic E-state index is 13.1. The molecule has 0 atom stereocenters. The lowest BCUT2D eigenvalue weighted by molar-refractivity contribution is 0.101. The molecule has 7 heteroatoms. The first-order valence-corrected chi connectivity index (χ1v) is 9.22. The van der Waals surface area contributed by atoms with E-state index in [4.69, 9.17) is 25.8 Å². The van der Waals surface area contributed by atoms with Crippen molar-refractivity contribution in [2.75, 3.05) is 26.6 Å². The van der Waals surface area contributed by atoms with Gasteiger partial charge < -0.3 is 24.1 Å². The number of aryl methyl sites for hydroxylation is 2. The number of anilines is 1. The number of rotatable bonds is 6. The van der Waals surface area contributed by atoms with Crippen LogP contribution in [0.4, 0.5) is 5.69 Å². The maximum absolute atomic E-state index is 13.1. The number of ether oxygens (including phenoxy) is 3. The maximum Gasteiger partial charge on any atom is 0.272 e. The van der Waals surface area contributed by atoms with Crippen molar-refractivity contribution < 1.29 is 19.0 Å². The second-order valence-corrected chi connectivity index (χ2v) is 6.68. The Balaban J connectivity index is 2.06. The largest absolute Gasteiger partial charge is 0.493 e. The van der Waals surface area contributed by atoms with Gasteiger partial charge in [0.05, 0.1) is 21.3 Å². The van der Waals surface area contributed by atoms with Gasteiger partial charge >= 0.3 is 0 Å². The summed E-state index contributed by atoms with van der Waals surface area (Å²) < 4.78 is 18.0. The molecule has 0 radical (unpaired) electrons. The number of aromatic nitrogens is 1. The van der Waals surface area contributed by atoms with Gasteiger partial charge in [-0.15, -0.1) is 0 Å². The zero-order valence-electron chi connectivity index (χ0n) is 16.6. The van der Waals surface area contributed by atoms with E-state index in [0.717, 1.165) is 16.5 Å². The molecule has 28 heavy (non-hydrogen) atoms. The van der Waals surface area contributed by atoms with Crippen LogP contribution in [0.15, 0.2) is 30.3 Å². The smallest absolute Gasteiger partial charge is 0.272 e. The molecule has 2 aromatic carbocycles. The number of carbonyl (C=O) groups is 1. The first-order valence-electron chi connectivity index (χ1n) is 8.84. The van der Waals surface area contributed by atoms with Gasteiger partial charge in [0.2, 0.25) is 5.75 Å². The van der Waals surface area contributed by atoms with Gasteiger partial charge in [0, 0.05) is 40.3 Å². The predicted molar refractivity (Wildman–Crippen MR) is 111 cm³/mol. The van der Waals surface area contributed by atoms with Gasteiger partial charge in [0.25, 0.3) is 5.91 Å². The van der Waals surface area contributed by atoms with Crippen LogP contribution in [0.2, 0.25) is 5.02 Å². The van der Waals surface area contributed by atoms with E-state index in [1.807, 2.05) is 36.6 Å². The lowest BCUT2D eigenvalue weighted by atomic mass is 10.1. The van der Waals surface area contributed by atoms with Crippen molar-refractivity contribution >= 4 is 34.1 Å². The highest BCUT2D eigenvalue weighted by atomic mass is 35.5.